The molecule has 0 aliphatic heterocycles. The normalized spacial score (nSPS) is 11.9. The second-order valence-corrected chi connectivity index (χ2v) is 3.32. The lowest BCUT2D eigenvalue weighted by Crippen LogP contribution is -2.20. The molecule has 0 spiro atoms. The first kappa shape index (κ1) is 13.5. The van der Waals surface area contributed by atoms with E-state index in [1.807, 2.05) is 0 Å². The number of rotatable bonds is 5. The quantitative estimate of drug-likeness (QED) is 0.792. The number of likely N-dealkylation sites (N-methyl/N-ethyl adjacent to an activating group) is 1. The summed E-state index contributed by atoms with van der Waals surface area (Å²) in [6.07, 6.45) is 1.21. The van der Waals surface area contributed by atoms with Gasteiger partial charge in [-0.3, -0.25) is 0 Å². The smallest absolute Gasteiger partial charge is 0.00199 e. The van der Waals surface area contributed by atoms with E-state index in [0.29, 0.717) is 5.92 Å². The molecule has 0 saturated heterocycles. The predicted molar refractivity (Wildman–Crippen MR) is 65.3 cm³/mol. The zero-order valence-electron chi connectivity index (χ0n) is 8.99. The van der Waals surface area contributed by atoms with Crippen LogP contribution in [0.5, 0.6) is 0 Å². The number of hydrogen-bond acceptors (Lipinski definition) is 1. The van der Waals surface area contributed by atoms with Gasteiger partial charge in [0.1, 0.15) is 0 Å². The summed E-state index contributed by atoms with van der Waals surface area (Å²) in [6, 6.07) is 10.7. The molecule has 0 amide bonds. The van der Waals surface area contributed by atoms with Gasteiger partial charge in [-0.05, 0) is 24.4 Å². The van der Waals surface area contributed by atoms with Gasteiger partial charge in [-0.25, -0.2) is 0 Å². The summed E-state index contributed by atoms with van der Waals surface area (Å²) < 4.78 is 0. The molecular weight excluding hydrogens is 194 g/mol. The van der Waals surface area contributed by atoms with Gasteiger partial charge in [0, 0.05) is 6.54 Å². The van der Waals surface area contributed by atoms with Gasteiger partial charge < -0.3 is 5.32 Å². The second kappa shape index (κ2) is 7.84. The van der Waals surface area contributed by atoms with E-state index < -0.39 is 0 Å². The molecule has 1 aromatic rings. The van der Waals surface area contributed by atoms with Crippen LogP contribution in [0.25, 0.3) is 0 Å². The van der Waals surface area contributed by atoms with Crippen molar-refractivity contribution in [2.45, 2.75) is 26.2 Å². The van der Waals surface area contributed by atoms with E-state index in [1.165, 1.54) is 12.0 Å². The lowest BCUT2D eigenvalue weighted by molar-refractivity contribution is 0.584. The Labute approximate surface area is 93.3 Å². The predicted octanol–water partition coefficient (Wildman–Crippen LogP) is 3.21. The Morgan fingerprint density at radius 3 is 2.29 bits per heavy atom. The molecule has 0 aliphatic carbocycles. The summed E-state index contributed by atoms with van der Waals surface area (Å²) in [5, 5.41) is 3.40. The fourth-order valence-electron chi connectivity index (χ4n) is 1.54. The first-order valence-electron chi connectivity index (χ1n) is 5.14. The highest BCUT2D eigenvalue weighted by molar-refractivity contribution is 5.85. The van der Waals surface area contributed by atoms with Crippen molar-refractivity contribution in [3.63, 3.8) is 0 Å². The number of benzene rings is 1. The van der Waals surface area contributed by atoms with Crippen LogP contribution in [0.4, 0.5) is 0 Å². The fourth-order valence-corrected chi connectivity index (χ4v) is 1.54. The maximum absolute atomic E-state index is 3.40. The number of halogens is 1. The van der Waals surface area contributed by atoms with E-state index in [2.05, 4.69) is 49.5 Å². The molecule has 1 N–H and O–H groups in total. The van der Waals surface area contributed by atoms with Crippen LogP contribution in [0.15, 0.2) is 30.3 Å². The van der Waals surface area contributed by atoms with Gasteiger partial charge in [0.2, 0.25) is 0 Å². The maximum Gasteiger partial charge on any atom is 0.00199 e. The zero-order valence-corrected chi connectivity index (χ0v) is 9.81. The maximum atomic E-state index is 3.40. The lowest BCUT2D eigenvalue weighted by atomic mass is 9.97. The number of hydrogen-bond donors (Lipinski definition) is 1. The van der Waals surface area contributed by atoms with Gasteiger partial charge in [0.25, 0.3) is 0 Å². The van der Waals surface area contributed by atoms with Gasteiger partial charge in [-0.2, -0.15) is 0 Å². The van der Waals surface area contributed by atoms with Crippen LogP contribution in [0.1, 0.15) is 31.7 Å². The molecule has 1 rings (SSSR count). The highest BCUT2D eigenvalue weighted by atomic mass is 35.5. The third-order valence-electron chi connectivity index (χ3n) is 2.40. The van der Waals surface area contributed by atoms with E-state index in [0.717, 1.165) is 13.1 Å². The molecule has 1 unspecified atom stereocenters. The van der Waals surface area contributed by atoms with Crippen LogP contribution in [0.2, 0.25) is 0 Å². The molecule has 1 atom stereocenters. The molecule has 80 valence electrons. The van der Waals surface area contributed by atoms with Crippen LogP contribution in [0, 0.1) is 0 Å². The molecular formula is C12H20ClN. The topological polar surface area (TPSA) is 12.0 Å². The van der Waals surface area contributed by atoms with Crippen molar-refractivity contribution in [3.8, 4) is 0 Å². The van der Waals surface area contributed by atoms with E-state index in [9.17, 15) is 0 Å². The van der Waals surface area contributed by atoms with Gasteiger partial charge >= 0.3 is 0 Å². The summed E-state index contributed by atoms with van der Waals surface area (Å²) in [6.45, 7) is 6.55. The van der Waals surface area contributed by atoms with Gasteiger partial charge in [0.15, 0.2) is 0 Å². The summed E-state index contributed by atoms with van der Waals surface area (Å²) in [5.74, 6) is 0.668. The summed E-state index contributed by atoms with van der Waals surface area (Å²) in [7, 11) is 0. The SMILES string of the molecule is CCNCC(CC)c1ccccc1.Cl. The van der Waals surface area contributed by atoms with Crippen molar-refractivity contribution in [3.05, 3.63) is 35.9 Å². The van der Waals surface area contributed by atoms with Gasteiger partial charge in [-0.1, -0.05) is 44.2 Å². The Hall–Kier alpha value is -0.530. The molecule has 0 heterocycles. The molecule has 0 aromatic heterocycles. The molecule has 0 aliphatic rings. The number of nitrogens with one attached hydrogen (secondary N) is 1. The Bertz CT molecular complexity index is 223. The van der Waals surface area contributed by atoms with Crippen molar-refractivity contribution >= 4 is 12.4 Å². The van der Waals surface area contributed by atoms with E-state index in [1.54, 1.807) is 0 Å². The monoisotopic (exact) mass is 213 g/mol. The second-order valence-electron chi connectivity index (χ2n) is 3.32. The van der Waals surface area contributed by atoms with Crippen molar-refractivity contribution in [2.24, 2.45) is 0 Å². The lowest BCUT2D eigenvalue weighted by Gasteiger charge is -2.15. The molecule has 2 heteroatoms. The Morgan fingerprint density at radius 1 is 1.14 bits per heavy atom. The highest BCUT2D eigenvalue weighted by Gasteiger charge is 2.06. The molecule has 0 fully saturated rings. The van der Waals surface area contributed by atoms with Crippen molar-refractivity contribution < 1.29 is 0 Å². The molecule has 1 nitrogen and oxygen atoms in total. The fraction of sp³-hybridized carbons (Fsp3) is 0.500. The third-order valence-corrected chi connectivity index (χ3v) is 2.40. The largest absolute Gasteiger partial charge is 0.316 e. The average molecular weight is 214 g/mol. The Balaban J connectivity index is 0.00000169. The molecule has 1 aromatic carbocycles. The minimum absolute atomic E-state index is 0. The van der Waals surface area contributed by atoms with Gasteiger partial charge in [-0.15, -0.1) is 12.4 Å². The molecule has 0 radical (unpaired) electrons. The van der Waals surface area contributed by atoms with Crippen molar-refractivity contribution in [1.29, 1.82) is 0 Å². The minimum atomic E-state index is 0. The molecule has 0 saturated carbocycles. The van der Waals surface area contributed by atoms with E-state index >= 15 is 0 Å². The van der Waals surface area contributed by atoms with E-state index in [-0.39, 0.29) is 12.4 Å². The van der Waals surface area contributed by atoms with Crippen molar-refractivity contribution in [1.82, 2.24) is 5.32 Å². The van der Waals surface area contributed by atoms with Crippen LogP contribution >= 0.6 is 12.4 Å². The Kier molecular flexibility index (Phi) is 7.54. The van der Waals surface area contributed by atoms with Crippen molar-refractivity contribution in [2.75, 3.05) is 13.1 Å². The van der Waals surface area contributed by atoms with Crippen LogP contribution in [0.3, 0.4) is 0 Å². The van der Waals surface area contributed by atoms with Crippen LogP contribution in [-0.4, -0.2) is 13.1 Å². The van der Waals surface area contributed by atoms with E-state index in [4.69, 9.17) is 0 Å². The summed E-state index contributed by atoms with van der Waals surface area (Å²) in [5.41, 5.74) is 1.45. The van der Waals surface area contributed by atoms with Gasteiger partial charge in [0.05, 0.1) is 0 Å². The standard InChI is InChI=1S/C12H19N.ClH/c1-3-11(10-13-4-2)12-8-6-5-7-9-12;/h5-9,11,13H,3-4,10H2,1-2H3;1H. The summed E-state index contributed by atoms with van der Waals surface area (Å²) in [4.78, 5) is 0. The zero-order chi connectivity index (χ0) is 9.52. The van der Waals surface area contributed by atoms with Crippen LogP contribution in [-0.2, 0) is 0 Å². The Morgan fingerprint density at radius 2 is 1.79 bits per heavy atom. The first-order valence-corrected chi connectivity index (χ1v) is 5.14. The molecule has 14 heavy (non-hydrogen) atoms. The van der Waals surface area contributed by atoms with Crippen LogP contribution < -0.4 is 5.32 Å². The third kappa shape index (κ3) is 4.12. The first-order chi connectivity index (χ1) is 6.38. The average Bonchev–Trinajstić information content (AvgIpc) is 2.21. The summed E-state index contributed by atoms with van der Waals surface area (Å²) >= 11 is 0. The minimum Gasteiger partial charge on any atom is -0.316 e. The highest BCUT2D eigenvalue weighted by Crippen LogP contribution is 2.17. The molecule has 0 bridgehead atoms.